The van der Waals surface area contributed by atoms with Crippen molar-refractivity contribution < 1.29 is 13.5 Å². The maximum atomic E-state index is 11.8. The van der Waals surface area contributed by atoms with Crippen LogP contribution in [0.2, 0.25) is 0 Å². The van der Waals surface area contributed by atoms with Crippen LogP contribution in [0.3, 0.4) is 0 Å². The van der Waals surface area contributed by atoms with E-state index in [1.165, 1.54) is 5.41 Å². The first-order valence-corrected chi connectivity index (χ1v) is 6.69. The average Bonchev–Trinajstić information content (AvgIpc) is 2.37. The van der Waals surface area contributed by atoms with Crippen molar-refractivity contribution in [1.29, 1.82) is 0 Å². The Labute approximate surface area is 95.3 Å². The molecule has 0 saturated heterocycles. The molecule has 0 saturated carbocycles. The van der Waals surface area contributed by atoms with E-state index in [0.717, 1.165) is 11.1 Å². The molecule has 0 aliphatic carbocycles. The molecule has 0 spiro atoms. The molecule has 0 amide bonds. The van der Waals surface area contributed by atoms with Gasteiger partial charge in [0, 0.05) is 5.41 Å². The molecule has 0 fully saturated rings. The molecule has 86 valence electrons. The van der Waals surface area contributed by atoms with Crippen LogP contribution in [0.1, 0.15) is 24.5 Å². The standard InChI is InChI=1S/C12H14O3S/c1-8-3-4-11-10(6-9(2)13)7-16(14,15)12(11)5-8/h3-5,7,9,13H,6H2,1-2H3. The first-order valence-electron chi connectivity index (χ1n) is 5.15. The summed E-state index contributed by atoms with van der Waals surface area (Å²) in [6.07, 6.45) is -0.163. The van der Waals surface area contributed by atoms with Crippen molar-refractivity contribution in [3.05, 3.63) is 34.7 Å². The van der Waals surface area contributed by atoms with Crippen molar-refractivity contribution >= 4 is 15.4 Å². The molecular weight excluding hydrogens is 224 g/mol. The second kappa shape index (κ2) is 3.71. The fraction of sp³-hybridized carbons (Fsp3) is 0.333. The van der Waals surface area contributed by atoms with Gasteiger partial charge >= 0.3 is 0 Å². The minimum atomic E-state index is -3.30. The topological polar surface area (TPSA) is 54.4 Å². The van der Waals surface area contributed by atoms with Crippen LogP contribution in [0, 0.1) is 6.92 Å². The summed E-state index contributed by atoms with van der Waals surface area (Å²) >= 11 is 0. The van der Waals surface area contributed by atoms with E-state index in [1.54, 1.807) is 13.0 Å². The van der Waals surface area contributed by atoms with Crippen LogP contribution in [0.25, 0.3) is 5.57 Å². The summed E-state index contributed by atoms with van der Waals surface area (Å²) in [5, 5.41) is 10.6. The Kier molecular flexibility index (Phi) is 2.64. The van der Waals surface area contributed by atoms with Crippen LogP contribution in [0.4, 0.5) is 0 Å². The molecule has 2 rings (SSSR count). The summed E-state index contributed by atoms with van der Waals surface area (Å²) in [5.74, 6) is 0. The third kappa shape index (κ3) is 1.90. The van der Waals surface area contributed by atoms with E-state index in [9.17, 15) is 13.5 Å². The number of sulfone groups is 1. The quantitative estimate of drug-likeness (QED) is 0.856. The third-order valence-electron chi connectivity index (χ3n) is 2.60. The van der Waals surface area contributed by atoms with Gasteiger partial charge in [0.1, 0.15) is 0 Å². The molecular formula is C12H14O3S. The summed E-state index contributed by atoms with van der Waals surface area (Å²) in [6.45, 7) is 3.52. The Morgan fingerprint density at radius 2 is 2.06 bits per heavy atom. The number of rotatable bonds is 2. The predicted octanol–water partition coefficient (Wildman–Crippen LogP) is 1.89. The summed E-state index contributed by atoms with van der Waals surface area (Å²) in [6, 6.07) is 5.37. The van der Waals surface area contributed by atoms with Gasteiger partial charge in [-0.15, -0.1) is 0 Å². The van der Waals surface area contributed by atoms with E-state index in [0.29, 0.717) is 16.9 Å². The van der Waals surface area contributed by atoms with E-state index in [1.807, 2.05) is 19.1 Å². The number of benzene rings is 1. The average molecular weight is 238 g/mol. The predicted molar refractivity (Wildman–Crippen MR) is 62.6 cm³/mol. The molecule has 0 radical (unpaired) electrons. The van der Waals surface area contributed by atoms with Crippen LogP contribution in [0.15, 0.2) is 28.5 Å². The molecule has 1 heterocycles. The minimum absolute atomic E-state index is 0.364. The lowest BCUT2D eigenvalue weighted by molar-refractivity contribution is 0.201. The first kappa shape index (κ1) is 11.4. The van der Waals surface area contributed by atoms with E-state index >= 15 is 0 Å². The third-order valence-corrected chi connectivity index (χ3v) is 4.15. The Morgan fingerprint density at radius 1 is 1.38 bits per heavy atom. The fourth-order valence-electron chi connectivity index (χ4n) is 1.92. The molecule has 4 heteroatoms. The summed E-state index contributed by atoms with van der Waals surface area (Å²) in [7, 11) is -3.30. The van der Waals surface area contributed by atoms with Gasteiger partial charge in [-0.3, -0.25) is 0 Å². The number of aliphatic hydroxyl groups is 1. The monoisotopic (exact) mass is 238 g/mol. The second-order valence-corrected chi connectivity index (χ2v) is 6.01. The summed E-state index contributed by atoms with van der Waals surface area (Å²) in [5.41, 5.74) is 2.35. The molecule has 1 aliphatic heterocycles. The van der Waals surface area contributed by atoms with Crippen molar-refractivity contribution in [3.63, 3.8) is 0 Å². The molecule has 16 heavy (non-hydrogen) atoms. The molecule has 1 aromatic carbocycles. The lowest BCUT2D eigenvalue weighted by Crippen LogP contribution is -2.00. The van der Waals surface area contributed by atoms with Crippen LogP contribution < -0.4 is 0 Å². The zero-order chi connectivity index (χ0) is 11.9. The van der Waals surface area contributed by atoms with E-state index in [-0.39, 0.29) is 0 Å². The Morgan fingerprint density at radius 3 is 2.69 bits per heavy atom. The number of hydrogen-bond acceptors (Lipinski definition) is 3. The summed E-state index contributed by atoms with van der Waals surface area (Å²) in [4.78, 5) is 0.364. The zero-order valence-corrected chi connectivity index (χ0v) is 10.1. The van der Waals surface area contributed by atoms with E-state index in [4.69, 9.17) is 0 Å². The fourth-order valence-corrected chi connectivity index (χ4v) is 3.50. The van der Waals surface area contributed by atoms with Gasteiger partial charge in [-0.1, -0.05) is 12.1 Å². The van der Waals surface area contributed by atoms with Gasteiger partial charge < -0.3 is 5.11 Å². The Bertz CT molecular complexity index is 554. The molecule has 1 aromatic rings. The van der Waals surface area contributed by atoms with Crippen molar-refractivity contribution in [2.24, 2.45) is 0 Å². The molecule has 3 nitrogen and oxygen atoms in total. The molecule has 1 atom stereocenters. The van der Waals surface area contributed by atoms with Gasteiger partial charge in [-0.2, -0.15) is 0 Å². The van der Waals surface area contributed by atoms with Crippen LogP contribution in [-0.4, -0.2) is 19.6 Å². The lowest BCUT2D eigenvalue weighted by Gasteiger charge is -2.06. The smallest absolute Gasteiger partial charge is 0.200 e. The highest BCUT2D eigenvalue weighted by molar-refractivity contribution is 7.95. The second-order valence-electron chi connectivity index (χ2n) is 4.24. The van der Waals surface area contributed by atoms with Crippen molar-refractivity contribution in [3.8, 4) is 0 Å². The lowest BCUT2D eigenvalue weighted by atomic mass is 10.0. The number of fused-ring (bicyclic) bond motifs is 1. The van der Waals surface area contributed by atoms with Crippen molar-refractivity contribution in [1.82, 2.24) is 0 Å². The number of aryl methyl sites for hydroxylation is 1. The molecule has 1 aliphatic rings. The number of hydrogen-bond donors (Lipinski definition) is 1. The highest BCUT2D eigenvalue weighted by atomic mass is 32.2. The highest BCUT2D eigenvalue weighted by Gasteiger charge is 2.27. The Hall–Kier alpha value is -1.13. The van der Waals surface area contributed by atoms with Gasteiger partial charge in [0.25, 0.3) is 0 Å². The minimum Gasteiger partial charge on any atom is -0.393 e. The molecule has 0 bridgehead atoms. The Balaban J connectivity index is 2.56. The zero-order valence-electron chi connectivity index (χ0n) is 9.27. The largest absolute Gasteiger partial charge is 0.393 e. The maximum Gasteiger partial charge on any atom is 0.200 e. The van der Waals surface area contributed by atoms with Crippen LogP contribution in [-0.2, 0) is 9.84 Å². The maximum absolute atomic E-state index is 11.8. The highest BCUT2D eigenvalue weighted by Crippen LogP contribution is 2.36. The SMILES string of the molecule is Cc1ccc2c(c1)S(=O)(=O)C=C2CC(C)O. The van der Waals surface area contributed by atoms with Crippen molar-refractivity contribution in [2.45, 2.75) is 31.3 Å². The normalized spacial score (nSPS) is 19.1. The van der Waals surface area contributed by atoms with Crippen LogP contribution in [0.5, 0.6) is 0 Å². The van der Waals surface area contributed by atoms with Gasteiger partial charge in [0.05, 0.1) is 11.0 Å². The number of aliphatic hydroxyl groups excluding tert-OH is 1. The van der Waals surface area contributed by atoms with Gasteiger partial charge in [0.15, 0.2) is 0 Å². The molecule has 1 N–H and O–H groups in total. The summed E-state index contributed by atoms with van der Waals surface area (Å²) < 4.78 is 23.7. The van der Waals surface area contributed by atoms with Gasteiger partial charge in [-0.05, 0) is 43.0 Å². The van der Waals surface area contributed by atoms with Gasteiger partial charge in [0.2, 0.25) is 9.84 Å². The molecule has 1 unspecified atom stereocenters. The van der Waals surface area contributed by atoms with E-state index in [2.05, 4.69) is 0 Å². The molecule has 0 aromatic heterocycles. The van der Waals surface area contributed by atoms with Crippen LogP contribution >= 0.6 is 0 Å². The van der Waals surface area contributed by atoms with Gasteiger partial charge in [-0.25, -0.2) is 8.42 Å². The van der Waals surface area contributed by atoms with E-state index < -0.39 is 15.9 Å². The first-order chi connectivity index (χ1) is 7.40. The van der Waals surface area contributed by atoms with Crippen molar-refractivity contribution in [2.75, 3.05) is 0 Å².